The van der Waals surface area contributed by atoms with Gasteiger partial charge in [0.2, 0.25) is 0 Å². The van der Waals surface area contributed by atoms with Gasteiger partial charge in [-0.25, -0.2) is 9.49 Å². The smallest absolute Gasteiger partial charge is 0.266 e. The number of rotatable bonds is 4. The number of carbonyl (C=O) groups is 1. The third-order valence-electron chi connectivity index (χ3n) is 4.26. The molecule has 0 unspecified atom stereocenters. The van der Waals surface area contributed by atoms with Crippen molar-refractivity contribution in [2.24, 2.45) is 0 Å². The van der Waals surface area contributed by atoms with E-state index in [2.05, 4.69) is 20.4 Å². The van der Waals surface area contributed by atoms with E-state index < -0.39 is 5.82 Å². The molecule has 1 aromatic heterocycles. The van der Waals surface area contributed by atoms with E-state index >= 15 is 0 Å². The summed E-state index contributed by atoms with van der Waals surface area (Å²) < 4.78 is 18.6. The number of carbonyl (C=O) groups excluding carboxylic acids is 1. The zero-order valence-corrected chi connectivity index (χ0v) is 13.8. The van der Waals surface area contributed by atoms with Crippen LogP contribution in [0.3, 0.4) is 0 Å². The Labute approximate surface area is 143 Å². The second kappa shape index (κ2) is 7.33. The number of H-pyrrole nitrogens is 1. The Morgan fingerprint density at radius 3 is 2.76 bits per heavy atom. The number of hydrogen-bond donors (Lipinski definition) is 2. The summed E-state index contributed by atoms with van der Waals surface area (Å²) in [6, 6.07) is 5.65. The standard InChI is InChI=1S/C17H19FN4O3/c1-25-15-3-2-11(8-14(15)18)17(24)20-12-4-6-22(7-5-12)13-9-16(23)21-19-10-13/h2-3,8-10,12H,4-7H2,1H3,(H,20,24)(H,21,23). The number of nitrogens with zero attached hydrogens (tertiary/aromatic N) is 2. The Morgan fingerprint density at radius 2 is 2.12 bits per heavy atom. The quantitative estimate of drug-likeness (QED) is 0.872. The number of aromatic nitrogens is 2. The molecule has 2 aromatic rings. The summed E-state index contributed by atoms with van der Waals surface area (Å²) in [5, 5.41) is 9.07. The van der Waals surface area contributed by atoms with Crippen molar-refractivity contribution in [1.82, 2.24) is 15.5 Å². The predicted octanol–water partition coefficient (Wildman–Crippen LogP) is 1.32. The highest BCUT2D eigenvalue weighted by Crippen LogP contribution is 2.20. The lowest BCUT2D eigenvalue weighted by molar-refractivity contribution is 0.0930. The minimum atomic E-state index is -0.563. The summed E-state index contributed by atoms with van der Waals surface area (Å²) in [4.78, 5) is 25.7. The van der Waals surface area contributed by atoms with Gasteiger partial charge in [0.1, 0.15) is 0 Å². The fraction of sp³-hybridized carbons (Fsp3) is 0.353. The molecule has 3 rings (SSSR count). The molecular formula is C17H19FN4O3. The molecule has 7 nitrogen and oxygen atoms in total. The molecule has 132 valence electrons. The van der Waals surface area contributed by atoms with E-state index in [1.165, 1.54) is 31.4 Å². The molecule has 1 aliphatic rings. The van der Waals surface area contributed by atoms with Crippen molar-refractivity contribution in [2.75, 3.05) is 25.1 Å². The topological polar surface area (TPSA) is 87.3 Å². The zero-order chi connectivity index (χ0) is 17.8. The molecule has 0 aliphatic carbocycles. The van der Waals surface area contributed by atoms with E-state index in [0.717, 1.165) is 18.5 Å². The summed E-state index contributed by atoms with van der Waals surface area (Å²) in [7, 11) is 1.38. The molecule has 8 heteroatoms. The van der Waals surface area contributed by atoms with Gasteiger partial charge in [0, 0.05) is 30.8 Å². The highest BCUT2D eigenvalue weighted by molar-refractivity contribution is 5.94. The van der Waals surface area contributed by atoms with Gasteiger partial charge in [-0.1, -0.05) is 0 Å². The summed E-state index contributed by atoms with van der Waals surface area (Å²) in [5.74, 6) is -0.763. The number of hydrogen-bond acceptors (Lipinski definition) is 5. The molecule has 0 radical (unpaired) electrons. The Morgan fingerprint density at radius 1 is 1.36 bits per heavy atom. The molecule has 2 heterocycles. The SMILES string of the molecule is COc1ccc(C(=O)NC2CCN(c3cn[nH]c(=O)c3)CC2)cc1F. The second-order valence-electron chi connectivity index (χ2n) is 5.89. The van der Waals surface area contributed by atoms with Gasteiger partial charge in [-0.15, -0.1) is 0 Å². The Kier molecular flexibility index (Phi) is 4.97. The summed E-state index contributed by atoms with van der Waals surface area (Å²) in [6.07, 6.45) is 3.08. The van der Waals surface area contributed by atoms with Crippen molar-refractivity contribution in [3.8, 4) is 5.75 Å². The van der Waals surface area contributed by atoms with Gasteiger partial charge in [0.05, 0.1) is 19.0 Å². The van der Waals surface area contributed by atoms with Crippen molar-refractivity contribution < 1.29 is 13.9 Å². The van der Waals surface area contributed by atoms with Crippen molar-refractivity contribution >= 4 is 11.6 Å². The number of aromatic amines is 1. The van der Waals surface area contributed by atoms with Crippen LogP contribution in [0.25, 0.3) is 0 Å². The second-order valence-corrected chi connectivity index (χ2v) is 5.89. The molecule has 1 aromatic carbocycles. The zero-order valence-electron chi connectivity index (χ0n) is 13.8. The number of halogens is 1. The van der Waals surface area contributed by atoms with Gasteiger partial charge in [-0.2, -0.15) is 5.10 Å². The molecule has 1 amide bonds. The molecule has 1 fully saturated rings. The molecule has 0 spiro atoms. The van der Waals surface area contributed by atoms with Gasteiger partial charge >= 0.3 is 0 Å². The van der Waals surface area contributed by atoms with Gasteiger partial charge < -0.3 is 15.0 Å². The third kappa shape index (κ3) is 3.96. The number of amides is 1. The van der Waals surface area contributed by atoms with Gasteiger partial charge in [0.15, 0.2) is 11.6 Å². The first-order valence-electron chi connectivity index (χ1n) is 8.01. The van der Waals surface area contributed by atoms with Crippen molar-refractivity contribution in [1.29, 1.82) is 0 Å². The normalized spacial score (nSPS) is 15.0. The minimum absolute atomic E-state index is 0.00358. The van der Waals surface area contributed by atoms with Crippen LogP contribution in [-0.4, -0.2) is 42.3 Å². The van der Waals surface area contributed by atoms with Crippen LogP contribution < -0.4 is 20.5 Å². The number of piperidine rings is 1. The third-order valence-corrected chi connectivity index (χ3v) is 4.26. The fourth-order valence-electron chi connectivity index (χ4n) is 2.90. The van der Waals surface area contributed by atoms with Crippen LogP contribution in [0.1, 0.15) is 23.2 Å². The Hall–Kier alpha value is -2.90. The lowest BCUT2D eigenvalue weighted by Crippen LogP contribution is -2.45. The van der Waals surface area contributed by atoms with Crippen molar-refractivity contribution in [3.63, 3.8) is 0 Å². The maximum Gasteiger partial charge on any atom is 0.266 e. The molecule has 0 bridgehead atoms. The first-order valence-corrected chi connectivity index (χ1v) is 8.01. The number of ether oxygens (including phenoxy) is 1. The van der Waals surface area contributed by atoms with E-state index in [1.54, 1.807) is 6.20 Å². The Bertz CT molecular complexity index is 816. The van der Waals surface area contributed by atoms with E-state index in [0.29, 0.717) is 13.1 Å². The maximum atomic E-state index is 13.7. The first kappa shape index (κ1) is 16.9. The van der Waals surface area contributed by atoms with Crippen molar-refractivity contribution in [2.45, 2.75) is 18.9 Å². The average Bonchev–Trinajstić information content (AvgIpc) is 2.62. The molecule has 25 heavy (non-hydrogen) atoms. The number of nitrogens with one attached hydrogen (secondary N) is 2. The highest BCUT2D eigenvalue weighted by Gasteiger charge is 2.22. The van der Waals surface area contributed by atoms with E-state index in [4.69, 9.17) is 4.74 Å². The van der Waals surface area contributed by atoms with E-state index in [-0.39, 0.29) is 28.8 Å². The van der Waals surface area contributed by atoms with Crippen molar-refractivity contribution in [3.05, 3.63) is 52.2 Å². The predicted molar refractivity (Wildman–Crippen MR) is 90.5 cm³/mol. The lowest BCUT2D eigenvalue weighted by Gasteiger charge is -2.33. The van der Waals surface area contributed by atoms with Gasteiger partial charge in [0.25, 0.3) is 11.5 Å². The van der Waals surface area contributed by atoms with Gasteiger partial charge in [-0.05, 0) is 31.0 Å². The molecule has 0 saturated carbocycles. The first-order chi connectivity index (χ1) is 12.1. The monoisotopic (exact) mass is 346 g/mol. The maximum absolute atomic E-state index is 13.7. The van der Waals surface area contributed by atoms with Crippen LogP contribution in [0.2, 0.25) is 0 Å². The minimum Gasteiger partial charge on any atom is -0.494 e. The lowest BCUT2D eigenvalue weighted by atomic mass is 10.0. The average molecular weight is 346 g/mol. The summed E-state index contributed by atoms with van der Waals surface area (Å²) in [6.45, 7) is 1.40. The van der Waals surface area contributed by atoms with Crippen LogP contribution >= 0.6 is 0 Å². The number of methoxy groups -OCH3 is 1. The van der Waals surface area contributed by atoms with E-state index in [9.17, 15) is 14.0 Å². The fourth-order valence-corrected chi connectivity index (χ4v) is 2.90. The molecule has 0 atom stereocenters. The summed E-state index contributed by atoms with van der Waals surface area (Å²) >= 11 is 0. The number of benzene rings is 1. The van der Waals surface area contributed by atoms with Crippen LogP contribution in [0.4, 0.5) is 10.1 Å². The van der Waals surface area contributed by atoms with Crippen LogP contribution in [0.15, 0.2) is 35.3 Å². The molecular weight excluding hydrogens is 327 g/mol. The Balaban J connectivity index is 1.57. The number of anilines is 1. The molecule has 2 N–H and O–H groups in total. The van der Waals surface area contributed by atoms with Gasteiger partial charge in [-0.3, -0.25) is 9.59 Å². The largest absolute Gasteiger partial charge is 0.494 e. The van der Waals surface area contributed by atoms with Crippen LogP contribution in [-0.2, 0) is 0 Å². The van der Waals surface area contributed by atoms with Crippen LogP contribution in [0.5, 0.6) is 5.75 Å². The summed E-state index contributed by atoms with van der Waals surface area (Å²) in [5.41, 5.74) is 0.791. The van der Waals surface area contributed by atoms with Crippen LogP contribution in [0, 0.1) is 5.82 Å². The highest BCUT2D eigenvalue weighted by atomic mass is 19.1. The van der Waals surface area contributed by atoms with E-state index in [1.807, 2.05) is 0 Å². The molecule has 1 saturated heterocycles. The molecule has 1 aliphatic heterocycles.